The monoisotopic (exact) mass is 280 g/mol. The number of nitrogens with one attached hydrogen (secondary N) is 1. The molecule has 5 heteroatoms. The number of carbonyl (C=O) groups excluding carboxylic acids is 1. The van der Waals surface area contributed by atoms with Crippen LogP contribution in [0.2, 0.25) is 10.0 Å². The SMILES string of the molecule is O=C(Cc1ccncc1)Nc1c(Cl)cccc1Cl. The van der Waals surface area contributed by atoms with Crippen LogP contribution in [0, 0.1) is 0 Å². The lowest BCUT2D eigenvalue weighted by atomic mass is 10.2. The highest BCUT2D eigenvalue weighted by molar-refractivity contribution is 6.39. The first-order valence-electron chi connectivity index (χ1n) is 5.29. The van der Waals surface area contributed by atoms with E-state index >= 15 is 0 Å². The van der Waals surface area contributed by atoms with Crippen LogP contribution < -0.4 is 5.32 Å². The molecular formula is C13H10Cl2N2O. The number of amides is 1. The van der Waals surface area contributed by atoms with E-state index in [2.05, 4.69) is 10.3 Å². The van der Waals surface area contributed by atoms with Crippen LogP contribution in [-0.4, -0.2) is 10.9 Å². The van der Waals surface area contributed by atoms with Gasteiger partial charge in [-0.1, -0.05) is 29.3 Å². The van der Waals surface area contributed by atoms with Gasteiger partial charge in [-0.15, -0.1) is 0 Å². The smallest absolute Gasteiger partial charge is 0.228 e. The molecule has 0 bridgehead atoms. The molecular weight excluding hydrogens is 271 g/mol. The van der Waals surface area contributed by atoms with E-state index < -0.39 is 0 Å². The van der Waals surface area contributed by atoms with Gasteiger partial charge in [-0.3, -0.25) is 9.78 Å². The fourth-order valence-corrected chi connectivity index (χ4v) is 1.98. The van der Waals surface area contributed by atoms with Crippen molar-refractivity contribution < 1.29 is 4.79 Å². The van der Waals surface area contributed by atoms with Crippen molar-refractivity contribution >= 4 is 34.8 Å². The number of para-hydroxylation sites is 1. The molecule has 1 N–H and O–H groups in total. The van der Waals surface area contributed by atoms with Gasteiger partial charge in [0.25, 0.3) is 0 Å². The van der Waals surface area contributed by atoms with Crippen molar-refractivity contribution in [3.8, 4) is 0 Å². The fourth-order valence-electron chi connectivity index (χ4n) is 1.49. The minimum Gasteiger partial charge on any atom is -0.323 e. The second-order valence-electron chi connectivity index (χ2n) is 3.68. The van der Waals surface area contributed by atoms with Gasteiger partial charge in [0, 0.05) is 12.4 Å². The summed E-state index contributed by atoms with van der Waals surface area (Å²) in [5.41, 5.74) is 1.32. The average molecular weight is 281 g/mol. The van der Waals surface area contributed by atoms with Crippen LogP contribution in [0.25, 0.3) is 0 Å². The zero-order chi connectivity index (χ0) is 13.0. The Morgan fingerprint density at radius 3 is 2.33 bits per heavy atom. The molecule has 0 aliphatic carbocycles. The molecule has 1 heterocycles. The van der Waals surface area contributed by atoms with Crippen LogP contribution in [0.5, 0.6) is 0 Å². The van der Waals surface area contributed by atoms with Crippen molar-refractivity contribution in [2.24, 2.45) is 0 Å². The van der Waals surface area contributed by atoms with E-state index in [4.69, 9.17) is 23.2 Å². The molecule has 0 radical (unpaired) electrons. The van der Waals surface area contributed by atoms with E-state index in [1.807, 2.05) is 0 Å². The number of nitrogens with zero attached hydrogens (tertiary/aromatic N) is 1. The van der Waals surface area contributed by atoms with E-state index in [0.717, 1.165) is 5.56 Å². The Hall–Kier alpha value is -1.58. The predicted octanol–water partition coefficient (Wildman–Crippen LogP) is 3.57. The van der Waals surface area contributed by atoms with Gasteiger partial charge < -0.3 is 5.32 Å². The number of hydrogen-bond acceptors (Lipinski definition) is 2. The molecule has 0 aliphatic rings. The number of halogens is 2. The van der Waals surface area contributed by atoms with Crippen LogP contribution in [0.4, 0.5) is 5.69 Å². The van der Waals surface area contributed by atoms with Crippen LogP contribution >= 0.6 is 23.2 Å². The van der Waals surface area contributed by atoms with Crippen molar-refractivity contribution in [3.05, 3.63) is 58.3 Å². The standard InChI is InChI=1S/C13H10Cl2N2O/c14-10-2-1-3-11(15)13(10)17-12(18)8-9-4-6-16-7-5-9/h1-7H,8H2,(H,17,18). The lowest BCUT2D eigenvalue weighted by Gasteiger charge is -2.08. The number of pyridine rings is 1. The molecule has 2 aromatic rings. The van der Waals surface area contributed by atoms with Crippen molar-refractivity contribution in [3.63, 3.8) is 0 Å². The maximum atomic E-state index is 11.8. The summed E-state index contributed by atoms with van der Waals surface area (Å²) < 4.78 is 0. The summed E-state index contributed by atoms with van der Waals surface area (Å²) in [5.74, 6) is -0.170. The molecule has 0 saturated carbocycles. The number of rotatable bonds is 3. The second-order valence-corrected chi connectivity index (χ2v) is 4.49. The Bertz CT molecular complexity index is 538. The van der Waals surface area contributed by atoms with Crippen LogP contribution in [0.15, 0.2) is 42.7 Å². The number of anilines is 1. The summed E-state index contributed by atoms with van der Waals surface area (Å²) in [6, 6.07) is 8.65. The van der Waals surface area contributed by atoms with Gasteiger partial charge in [-0.25, -0.2) is 0 Å². The molecule has 1 aromatic heterocycles. The number of carbonyl (C=O) groups is 1. The molecule has 1 aromatic carbocycles. The van der Waals surface area contributed by atoms with Crippen molar-refractivity contribution in [1.82, 2.24) is 4.98 Å². The second kappa shape index (κ2) is 5.85. The molecule has 0 unspecified atom stereocenters. The van der Waals surface area contributed by atoms with Gasteiger partial charge in [0.1, 0.15) is 0 Å². The molecule has 92 valence electrons. The zero-order valence-corrected chi connectivity index (χ0v) is 10.9. The highest BCUT2D eigenvalue weighted by atomic mass is 35.5. The van der Waals surface area contributed by atoms with E-state index in [1.165, 1.54) is 0 Å². The lowest BCUT2D eigenvalue weighted by Crippen LogP contribution is -2.15. The first kappa shape index (κ1) is 12.9. The van der Waals surface area contributed by atoms with Crippen LogP contribution in [0.3, 0.4) is 0 Å². The van der Waals surface area contributed by atoms with Crippen LogP contribution in [0.1, 0.15) is 5.56 Å². The Kier molecular flexibility index (Phi) is 4.18. The fraction of sp³-hybridized carbons (Fsp3) is 0.0769. The summed E-state index contributed by atoms with van der Waals surface area (Å²) in [5, 5.41) is 3.55. The number of aromatic nitrogens is 1. The third-order valence-corrected chi connectivity index (χ3v) is 2.97. The Morgan fingerprint density at radius 2 is 1.72 bits per heavy atom. The van der Waals surface area contributed by atoms with E-state index in [-0.39, 0.29) is 12.3 Å². The first-order valence-corrected chi connectivity index (χ1v) is 6.05. The molecule has 0 atom stereocenters. The predicted molar refractivity (Wildman–Crippen MR) is 73.0 cm³/mol. The molecule has 0 spiro atoms. The number of hydrogen-bond donors (Lipinski definition) is 1. The summed E-state index contributed by atoms with van der Waals surface area (Å²) >= 11 is 11.9. The first-order chi connectivity index (χ1) is 8.66. The highest BCUT2D eigenvalue weighted by Gasteiger charge is 2.09. The zero-order valence-electron chi connectivity index (χ0n) is 9.36. The van der Waals surface area contributed by atoms with Crippen molar-refractivity contribution in [2.75, 3.05) is 5.32 Å². The van der Waals surface area contributed by atoms with E-state index in [1.54, 1.807) is 42.7 Å². The van der Waals surface area contributed by atoms with Gasteiger partial charge in [-0.2, -0.15) is 0 Å². The number of benzene rings is 1. The quantitative estimate of drug-likeness (QED) is 0.934. The van der Waals surface area contributed by atoms with Gasteiger partial charge in [-0.05, 0) is 29.8 Å². The maximum Gasteiger partial charge on any atom is 0.228 e. The third-order valence-electron chi connectivity index (χ3n) is 2.34. The van der Waals surface area contributed by atoms with Gasteiger partial charge >= 0.3 is 0 Å². The molecule has 3 nitrogen and oxygen atoms in total. The van der Waals surface area contributed by atoms with Gasteiger partial charge in [0.05, 0.1) is 22.2 Å². The molecule has 18 heavy (non-hydrogen) atoms. The summed E-state index contributed by atoms with van der Waals surface area (Å²) in [4.78, 5) is 15.7. The maximum absolute atomic E-state index is 11.8. The summed E-state index contributed by atoms with van der Waals surface area (Å²) in [7, 11) is 0. The molecule has 1 amide bonds. The van der Waals surface area contributed by atoms with E-state index in [0.29, 0.717) is 15.7 Å². The molecule has 0 fully saturated rings. The third kappa shape index (κ3) is 3.22. The minimum atomic E-state index is -0.170. The normalized spacial score (nSPS) is 10.1. The van der Waals surface area contributed by atoms with Crippen molar-refractivity contribution in [1.29, 1.82) is 0 Å². The van der Waals surface area contributed by atoms with Gasteiger partial charge in [0.15, 0.2) is 0 Å². The summed E-state index contributed by atoms with van der Waals surface area (Å²) in [6.45, 7) is 0. The van der Waals surface area contributed by atoms with Crippen molar-refractivity contribution in [2.45, 2.75) is 6.42 Å². The topological polar surface area (TPSA) is 42.0 Å². The lowest BCUT2D eigenvalue weighted by molar-refractivity contribution is -0.115. The Balaban J connectivity index is 2.08. The minimum absolute atomic E-state index is 0.170. The average Bonchev–Trinajstić information content (AvgIpc) is 2.35. The highest BCUT2D eigenvalue weighted by Crippen LogP contribution is 2.29. The Morgan fingerprint density at radius 1 is 1.11 bits per heavy atom. The van der Waals surface area contributed by atoms with Gasteiger partial charge in [0.2, 0.25) is 5.91 Å². The molecule has 0 saturated heterocycles. The largest absolute Gasteiger partial charge is 0.323 e. The van der Waals surface area contributed by atoms with Crippen LogP contribution in [-0.2, 0) is 11.2 Å². The summed E-state index contributed by atoms with van der Waals surface area (Å²) in [6.07, 6.45) is 3.54. The van der Waals surface area contributed by atoms with E-state index in [9.17, 15) is 4.79 Å². The molecule has 0 aliphatic heterocycles. The molecule has 2 rings (SSSR count). The Labute approximate surface area is 115 Å².